The summed E-state index contributed by atoms with van der Waals surface area (Å²) < 4.78 is 45.1. The first-order chi connectivity index (χ1) is 18.4. The number of allylic oxidation sites excluding steroid dienone is 1. The Kier molecular flexibility index (Phi) is 9.47. The summed E-state index contributed by atoms with van der Waals surface area (Å²) in [5, 5.41) is 4.32. The van der Waals surface area contributed by atoms with Crippen LogP contribution in [0.4, 0.5) is 29.3 Å². The van der Waals surface area contributed by atoms with E-state index in [2.05, 4.69) is 10.3 Å². The first-order valence-electron chi connectivity index (χ1n) is 11.6. The molecule has 13 heteroatoms. The molecule has 0 saturated carbocycles. The number of ether oxygens (including phenoxy) is 1. The average Bonchev–Trinajstić information content (AvgIpc) is 2.96. The molecule has 0 fully saturated rings. The van der Waals surface area contributed by atoms with Crippen molar-refractivity contribution in [2.75, 3.05) is 23.4 Å². The van der Waals surface area contributed by atoms with Gasteiger partial charge in [-0.15, -0.1) is 0 Å². The molecule has 3 amide bonds. The number of hydrogen-bond donors (Lipinski definition) is 2. The van der Waals surface area contributed by atoms with Crippen molar-refractivity contribution in [1.82, 2.24) is 5.32 Å². The number of ketones is 1. The third-order valence-electron chi connectivity index (χ3n) is 5.45. The van der Waals surface area contributed by atoms with E-state index in [9.17, 15) is 32.3 Å². The highest BCUT2D eigenvalue weighted by molar-refractivity contribution is 6.30. The Balaban J connectivity index is 1.76. The fraction of sp³-hybridized carbons (Fsp3) is 0.269. The summed E-state index contributed by atoms with van der Waals surface area (Å²) in [5.74, 6) is -1.32. The molecule has 0 unspecified atom stereocenters. The third kappa shape index (κ3) is 7.90. The Morgan fingerprint density at radius 2 is 1.90 bits per heavy atom. The third-order valence-corrected chi connectivity index (χ3v) is 5.69. The van der Waals surface area contributed by atoms with Crippen LogP contribution >= 0.6 is 11.6 Å². The highest BCUT2D eigenvalue weighted by atomic mass is 35.5. The number of carbonyl (C=O) groups is 4. The van der Waals surface area contributed by atoms with Gasteiger partial charge in [0.05, 0.1) is 16.9 Å². The summed E-state index contributed by atoms with van der Waals surface area (Å²) in [7, 11) is 0. The van der Waals surface area contributed by atoms with Crippen LogP contribution in [0.25, 0.3) is 0 Å². The molecule has 0 aliphatic carbocycles. The summed E-state index contributed by atoms with van der Waals surface area (Å²) in [5.41, 5.74) is -0.360. The van der Waals surface area contributed by atoms with Crippen LogP contribution in [0.3, 0.4) is 0 Å². The molecule has 1 aliphatic heterocycles. The largest absolute Gasteiger partial charge is 0.446 e. The molecule has 1 aliphatic rings. The normalized spacial score (nSPS) is 15.3. The van der Waals surface area contributed by atoms with Crippen LogP contribution in [0, 0.1) is 0 Å². The van der Waals surface area contributed by atoms with Crippen molar-refractivity contribution in [3.63, 3.8) is 0 Å². The number of anilines is 2. The Morgan fingerprint density at radius 1 is 1.18 bits per heavy atom. The first-order valence-corrected chi connectivity index (χ1v) is 11.9. The number of benzene rings is 2. The number of aliphatic imine (C=N–C) groups is 1. The van der Waals surface area contributed by atoms with Crippen molar-refractivity contribution in [2.45, 2.75) is 32.5 Å². The molecule has 206 valence electrons. The van der Waals surface area contributed by atoms with Gasteiger partial charge < -0.3 is 15.0 Å². The average molecular weight is 565 g/mol. The van der Waals surface area contributed by atoms with Crippen LogP contribution in [0.15, 0.2) is 59.7 Å². The number of nitrogens with one attached hydrogen (secondary N) is 2. The lowest BCUT2D eigenvalue weighted by atomic mass is 10.1. The molecular formula is C26H24ClF3N4O5. The number of hydrogen-bond acceptors (Lipinski definition) is 6. The van der Waals surface area contributed by atoms with Gasteiger partial charge in [0.1, 0.15) is 18.9 Å². The summed E-state index contributed by atoms with van der Waals surface area (Å²) in [6, 6.07) is 8.25. The zero-order valence-electron chi connectivity index (χ0n) is 20.8. The number of fused-ring (bicyclic) bond motifs is 1. The van der Waals surface area contributed by atoms with E-state index in [4.69, 9.17) is 16.3 Å². The van der Waals surface area contributed by atoms with Crippen LogP contribution in [0.1, 0.15) is 31.4 Å². The molecule has 0 spiro atoms. The van der Waals surface area contributed by atoms with Gasteiger partial charge in [-0.1, -0.05) is 35.9 Å². The van der Waals surface area contributed by atoms with Crippen molar-refractivity contribution < 1.29 is 37.1 Å². The number of benzodiazepines with no additional fused rings is 1. The van der Waals surface area contributed by atoms with Crippen molar-refractivity contribution in [3.05, 3.63) is 70.9 Å². The lowest BCUT2D eigenvalue weighted by Crippen LogP contribution is -2.45. The zero-order valence-corrected chi connectivity index (χ0v) is 21.6. The van der Waals surface area contributed by atoms with E-state index in [0.29, 0.717) is 23.0 Å². The Morgan fingerprint density at radius 3 is 2.59 bits per heavy atom. The second-order valence-corrected chi connectivity index (χ2v) is 8.90. The molecule has 1 heterocycles. The zero-order chi connectivity index (χ0) is 28.7. The molecule has 0 bridgehead atoms. The van der Waals surface area contributed by atoms with Gasteiger partial charge in [0.25, 0.3) is 5.91 Å². The molecule has 3 rings (SSSR count). The Hall–Kier alpha value is -4.19. The second kappa shape index (κ2) is 12.6. The molecule has 0 radical (unpaired) electrons. The van der Waals surface area contributed by atoms with Crippen LogP contribution in [-0.4, -0.2) is 48.6 Å². The molecule has 0 saturated heterocycles. The summed E-state index contributed by atoms with van der Waals surface area (Å²) >= 11 is 5.66. The van der Waals surface area contributed by atoms with Crippen molar-refractivity contribution in [2.24, 2.45) is 4.99 Å². The predicted molar refractivity (Wildman–Crippen MR) is 139 cm³/mol. The highest BCUT2D eigenvalue weighted by Crippen LogP contribution is 2.36. The number of nitrogens with zero attached hydrogens (tertiary/aromatic N) is 2. The standard InChI is InChI=1S/C26H24ClF3N4O5/c1-15(35)6-5-11-31-23(36)13-34-22-8-4-3-7-18(22)16(2)32-21(24(34)37)14-39-25(38)33-20-10-9-17(27)12-19(20)26(28,29)30/h3-5,7-12,21H,6,13-14H2,1-2H3,(H,31,36)(H,33,38)/b11-5+/t21-/m1/s1. The smallest absolute Gasteiger partial charge is 0.418 e. The van der Waals surface area contributed by atoms with E-state index in [1.807, 2.05) is 5.32 Å². The number of amides is 3. The van der Waals surface area contributed by atoms with Gasteiger partial charge in [-0.25, -0.2) is 4.79 Å². The van der Waals surface area contributed by atoms with Crippen LogP contribution in [0.5, 0.6) is 0 Å². The molecule has 2 aromatic rings. The van der Waals surface area contributed by atoms with E-state index in [1.165, 1.54) is 30.2 Å². The van der Waals surface area contributed by atoms with E-state index in [0.717, 1.165) is 6.07 Å². The van der Waals surface area contributed by atoms with Crippen molar-refractivity contribution in [3.8, 4) is 0 Å². The van der Waals surface area contributed by atoms with Gasteiger partial charge in [0.2, 0.25) is 5.91 Å². The number of Topliss-reactive ketones (excluding diaryl/α,β-unsaturated/α-hetero) is 1. The fourth-order valence-corrected chi connectivity index (χ4v) is 3.84. The highest BCUT2D eigenvalue weighted by Gasteiger charge is 2.35. The van der Waals surface area contributed by atoms with Crippen molar-refractivity contribution >= 4 is 52.4 Å². The molecule has 9 nitrogen and oxygen atoms in total. The Labute approximate surface area is 226 Å². The fourth-order valence-electron chi connectivity index (χ4n) is 3.67. The molecule has 2 aromatic carbocycles. The summed E-state index contributed by atoms with van der Waals surface area (Å²) in [6.45, 7) is 2.01. The number of para-hydroxylation sites is 1. The minimum atomic E-state index is -4.79. The molecule has 39 heavy (non-hydrogen) atoms. The van der Waals surface area contributed by atoms with Gasteiger partial charge in [0.15, 0.2) is 6.04 Å². The first kappa shape index (κ1) is 29.4. The van der Waals surface area contributed by atoms with E-state index >= 15 is 0 Å². The molecule has 2 N–H and O–H groups in total. The number of halogens is 4. The second-order valence-electron chi connectivity index (χ2n) is 8.46. The van der Waals surface area contributed by atoms with Crippen molar-refractivity contribution in [1.29, 1.82) is 0 Å². The summed E-state index contributed by atoms with van der Waals surface area (Å²) in [6.07, 6.45) is -3.14. The van der Waals surface area contributed by atoms with Gasteiger partial charge in [-0.2, -0.15) is 13.2 Å². The van der Waals surface area contributed by atoms with Crippen LogP contribution < -0.4 is 15.5 Å². The lowest BCUT2D eigenvalue weighted by molar-refractivity contribution is -0.137. The SMILES string of the molecule is CC(=O)C/C=C/NC(=O)CN1C(=O)[C@@H](COC(=O)Nc2ccc(Cl)cc2C(F)(F)F)N=C(C)c2ccccc21. The van der Waals surface area contributed by atoms with E-state index in [-0.39, 0.29) is 17.2 Å². The lowest BCUT2D eigenvalue weighted by Gasteiger charge is -2.24. The quantitative estimate of drug-likeness (QED) is 0.480. The minimum Gasteiger partial charge on any atom is -0.446 e. The van der Waals surface area contributed by atoms with Crippen LogP contribution in [0.2, 0.25) is 5.02 Å². The topological polar surface area (TPSA) is 117 Å². The number of rotatable bonds is 8. The van der Waals surface area contributed by atoms with Gasteiger partial charge in [0, 0.05) is 28.9 Å². The van der Waals surface area contributed by atoms with Gasteiger partial charge in [-0.05, 0) is 38.1 Å². The maximum absolute atomic E-state index is 13.4. The molecule has 0 aromatic heterocycles. The molecule has 1 atom stereocenters. The van der Waals surface area contributed by atoms with E-state index in [1.54, 1.807) is 31.2 Å². The Bertz CT molecular complexity index is 1340. The summed E-state index contributed by atoms with van der Waals surface area (Å²) in [4.78, 5) is 54.9. The maximum Gasteiger partial charge on any atom is 0.418 e. The molecular weight excluding hydrogens is 541 g/mol. The maximum atomic E-state index is 13.4. The monoisotopic (exact) mass is 564 g/mol. The number of alkyl halides is 3. The van der Waals surface area contributed by atoms with Gasteiger partial charge in [-0.3, -0.25) is 24.7 Å². The van der Waals surface area contributed by atoms with Crippen LogP contribution in [-0.2, 0) is 25.3 Å². The predicted octanol–water partition coefficient (Wildman–Crippen LogP) is 4.74. The van der Waals surface area contributed by atoms with Gasteiger partial charge >= 0.3 is 12.3 Å². The van der Waals surface area contributed by atoms with E-state index < -0.39 is 54.5 Å². The number of carbonyl (C=O) groups excluding carboxylic acids is 4. The minimum absolute atomic E-state index is 0.0951.